The zero-order valence-corrected chi connectivity index (χ0v) is 18.9. The van der Waals surface area contributed by atoms with Crippen molar-refractivity contribution in [3.63, 3.8) is 0 Å². The Morgan fingerprint density at radius 2 is 1.76 bits per heavy atom. The molecule has 33 heavy (non-hydrogen) atoms. The topological polar surface area (TPSA) is 103 Å². The van der Waals surface area contributed by atoms with E-state index in [4.69, 9.17) is 0 Å². The van der Waals surface area contributed by atoms with Crippen molar-refractivity contribution in [2.75, 3.05) is 17.3 Å². The molecule has 1 aromatic heterocycles. The van der Waals surface area contributed by atoms with Gasteiger partial charge in [-0.3, -0.25) is 19.3 Å². The smallest absolute Gasteiger partial charge is 0.251 e. The molecule has 0 unspecified atom stereocenters. The molecule has 3 amide bonds. The van der Waals surface area contributed by atoms with E-state index >= 15 is 0 Å². The summed E-state index contributed by atoms with van der Waals surface area (Å²) in [7, 11) is 1.62. The molecule has 3 N–H and O–H groups in total. The van der Waals surface area contributed by atoms with Gasteiger partial charge in [0.2, 0.25) is 11.8 Å². The fraction of sp³-hybridized carbons (Fsp3) is 0.391. The van der Waals surface area contributed by atoms with Gasteiger partial charge in [-0.2, -0.15) is 0 Å². The monoisotopic (exact) mass is 459 g/mol. The lowest BCUT2D eigenvalue weighted by atomic mass is 10.0. The van der Waals surface area contributed by atoms with Crippen LogP contribution in [0, 0.1) is 17.6 Å². The van der Waals surface area contributed by atoms with Gasteiger partial charge in [-0.25, -0.2) is 13.8 Å². The van der Waals surface area contributed by atoms with E-state index in [2.05, 4.69) is 20.9 Å². The number of halogens is 2. The van der Waals surface area contributed by atoms with E-state index in [0.29, 0.717) is 5.56 Å². The Morgan fingerprint density at radius 1 is 1.09 bits per heavy atom. The Morgan fingerprint density at radius 3 is 2.36 bits per heavy atom. The first-order valence-electron chi connectivity index (χ1n) is 10.6. The molecule has 0 saturated heterocycles. The minimum Gasteiger partial charge on any atom is -0.343 e. The van der Waals surface area contributed by atoms with Crippen molar-refractivity contribution in [3.8, 4) is 0 Å². The maximum absolute atomic E-state index is 14.1. The number of anilines is 2. The van der Waals surface area contributed by atoms with E-state index < -0.39 is 47.3 Å². The molecule has 176 valence electrons. The average Bonchev–Trinajstić information content (AvgIpc) is 3.18. The van der Waals surface area contributed by atoms with Crippen molar-refractivity contribution in [2.45, 2.75) is 45.3 Å². The van der Waals surface area contributed by atoms with E-state index in [1.54, 1.807) is 40.0 Å². The van der Waals surface area contributed by atoms with Crippen molar-refractivity contribution in [3.05, 3.63) is 53.7 Å². The summed E-state index contributed by atoms with van der Waals surface area (Å²) in [5.74, 6) is -3.55. The molecule has 10 heteroatoms. The predicted molar refractivity (Wildman–Crippen MR) is 119 cm³/mol. The number of nitrogens with zero attached hydrogens (tertiary/aromatic N) is 2. The number of aromatic nitrogens is 1. The highest BCUT2D eigenvalue weighted by Gasteiger charge is 2.43. The maximum atomic E-state index is 14.1. The first-order valence-corrected chi connectivity index (χ1v) is 10.6. The number of para-hydroxylation sites is 1. The van der Waals surface area contributed by atoms with Crippen molar-refractivity contribution in [1.82, 2.24) is 15.6 Å². The highest BCUT2D eigenvalue weighted by molar-refractivity contribution is 6.09. The Bertz CT molecular complexity index is 1040. The molecule has 0 fully saturated rings. The SMILES string of the molecule is CN[C@@H](C)C(=O)N[C@H](C(=O)N1c2ncccc2C[C@H]1C(=O)Nc1c(F)cccc1F)C(C)C. The molecule has 3 rings (SSSR count). The Hall–Kier alpha value is -3.40. The Labute approximate surface area is 190 Å². The van der Waals surface area contributed by atoms with Crippen molar-refractivity contribution in [2.24, 2.45) is 5.92 Å². The number of nitrogens with one attached hydrogen (secondary N) is 3. The first kappa shape index (κ1) is 24.2. The molecule has 2 heterocycles. The number of amides is 3. The summed E-state index contributed by atoms with van der Waals surface area (Å²) in [6.45, 7) is 5.20. The van der Waals surface area contributed by atoms with E-state index in [1.165, 1.54) is 17.2 Å². The highest BCUT2D eigenvalue weighted by atomic mass is 19.1. The van der Waals surface area contributed by atoms with E-state index in [1.807, 2.05) is 0 Å². The lowest BCUT2D eigenvalue weighted by Gasteiger charge is -2.31. The first-order chi connectivity index (χ1) is 15.6. The van der Waals surface area contributed by atoms with Crippen LogP contribution in [0.25, 0.3) is 0 Å². The van der Waals surface area contributed by atoms with Gasteiger partial charge in [0, 0.05) is 12.6 Å². The molecule has 0 bridgehead atoms. The summed E-state index contributed by atoms with van der Waals surface area (Å²) >= 11 is 0. The van der Waals surface area contributed by atoms with Crippen LogP contribution in [-0.4, -0.2) is 47.9 Å². The van der Waals surface area contributed by atoms with Gasteiger partial charge in [-0.1, -0.05) is 26.0 Å². The number of carbonyl (C=O) groups excluding carboxylic acids is 3. The number of likely N-dealkylation sites (N-methyl/N-ethyl adjacent to an activating group) is 1. The van der Waals surface area contributed by atoms with Crippen molar-refractivity contribution >= 4 is 29.2 Å². The van der Waals surface area contributed by atoms with Gasteiger partial charge in [0.1, 0.15) is 35.2 Å². The van der Waals surface area contributed by atoms with E-state index in [-0.39, 0.29) is 24.1 Å². The molecule has 8 nitrogen and oxygen atoms in total. The van der Waals surface area contributed by atoms with Crippen molar-refractivity contribution in [1.29, 1.82) is 0 Å². The van der Waals surface area contributed by atoms with Crippen LogP contribution >= 0.6 is 0 Å². The quantitative estimate of drug-likeness (QED) is 0.588. The molecule has 0 aliphatic carbocycles. The van der Waals surface area contributed by atoms with Crippen LogP contribution < -0.4 is 20.9 Å². The standard InChI is InChI=1S/C23H27F2N5O3/c1-12(2)18(28-21(31)13(3)26-4)23(33)30-17(11-14-7-6-10-27-20(14)30)22(32)29-19-15(24)8-5-9-16(19)25/h5-10,12-13,17-18,26H,11H2,1-4H3,(H,28,31)(H,29,32)/t13-,17-,18-/m0/s1. The average molecular weight is 459 g/mol. The number of benzene rings is 1. The summed E-state index contributed by atoms with van der Waals surface area (Å²) in [5.41, 5.74) is 0.0489. The minimum atomic E-state index is -1.10. The second kappa shape index (κ2) is 10.0. The Kier molecular flexibility index (Phi) is 7.37. The molecule has 3 atom stereocenters. The largest absolute Gasteiger partial charge is 0.343 e. The normalized spacial score (nSPS) is 16.8. The second-order valence-electron chi connectivity index (χ2n) is 8.24. The lowest BCUT2D eigenvalue weighted by molar-refractivity contribution is -0.130. The van der Waals surface area contributed by atoms with Crippen molar-refractivity contribution < 1.29 is 23.2 Å². The van der Waals surface area contributed by atoms with Gasteiger partial charge in [0.25, 0.3) is 5.91 Å². The summed E-state index contributed by atoms with van der Waals surface area (Å²) in [6.07, 6.45) is 1.60. The molecular formula is C23H27F2N5O3. The van der Waals surface area contributed by atoms with Crippen LogP contribution in [0.4, 0.5) is 20.3 Å². The van der Waals surface area contributed by atoms with Gasteiger partial charge >= 0.3 is 0 Å². The molecule has 2 aromatic rings. The number of fused-ring (bicyclic) bond motifs is 1. The molecule has 0 spiro atoms. The summed E-state index contributed by atoms with van der Waals surface area (Å²) in [6, 6.07) is 4.07. The van der Waals surface area contributed by atoms with Gasteiger partial charge in [-0.15, -0.1) is 0 Å². The molecular weight excluding hydrogens is 432 g/mol. The minimum absolute atomic E-state index is 0.114. The zero-order valence-electron chi connectivity index (χ0n) is 18.9. The lowest BCUT2D eigenvalue weighted by Crippen LogP contribution is -2.57. The van der Waals surface area contributed by atoms with Crippen LogP contribution in [0.3, 0.4) is 0 Å². The molecule has 0 saturated carbocycles. The van der Waals surface area contributed by atoms with Gasteiger partial charge < -0.3 is 16.0 Å². The number of pyridine rings is 1. The second-order valence-corrected chi connectivity index (χ2v) is 8.24. The molecule has 0 radical (unpaired) electrons. The number of carbonyl (C=O) groups is 3. The Balaban J connectivity index is 1.94. The van der Waals surface area contributed by atoms with Crippen LogP contribution in [-0.2, 0) is 20.8 Å². The maximum Gasteiger partial charge on any atom is 0.251 e. The fourth-order valence-corrected chi connectivity index (χ4v) is 3.62. The molecule has 1 aromatic carbocycles. The zero-order chi connectivity index (χ0) is 24.3. The fourth-order valence-electron chi connectivity index (χ4n) is 3.62. The predicted octanol–water partition coefficient (Wildman–Crippen LogP) is 2.00. The third-order valence-electron chi connectivity index (χ3n) is 5.63. The van der Waals surface area contributed by atoms with Crippen LogP contribution in [0.1, 0.15) is 26.3 Å². The van der Waals surface area contributed by atoms with Crippen LogP contribution in [0.15, 0.2) is 36.5 Å². The van der Waals surface area contributed by atoms with Crippen LogP contribution in [0.2, 0.25) is 0 Å². The van der Waals surface area contributed by atoms with Gasteiger partial charge in [0.05, 0.1) is 6.04 Å². The van der Waals surface area contributed by atoms with Gasteiger partial charge in [-0.05, 0) is 43.7 Å². The third-order valence-corrected chi connectivity index (χ3v) is 5.63. The molecule has 1 aliphatic heterocycles. The van der Waals surface area contributed by atoms with Crippen LogP contribution in [0.5, 0.6) is 0 Å². The van der Waals surface area contributed by atoms with E-state index in [0.717, 1.165) is 12.1 Å². The summed E-state index contributed by atoms with van der Waals surface area (Å²) < 4.78 is 28.2. The molecule has 1 aliphatic rings. The number of rotatable bonds is 7. The van der Waals surface area contributed by atoms with E-state index in [9.17, 15) is 23.2 Å². The third kappa shape index (κ3) is 5.00. The summed E-state index contributed by atoms with van der Waals surface area (Å²) in [4.78, 5) is 44.7. The number of hydrogen-bond acceptors (Lipinski definition) is 5. The summed E-state index contributed by atoms with van der Waals surface area (Å²) in [5, 5.41) is 7.81. The number of hydrogen-bond donors (Lipinski definition) is 3. The highest BCUT2D eigenvalue weighted by Crippen LogP contribution is 2.32. The van der Waals surface area contributed by atoms with Gasteiger partial charge in [0.15, 0.2) is 0 Å².